The number of aromatic nitrogens is 1. The van der Waals surface area contributed by atoms with Crippen molar-refractivity contribution in [3.63, 3.8) is 0 Å². The molecule has 0 atom stereocenters. The summed E-state index contributed by atoms with van der Waals surface area (Å²) < 4.78 is 45.0. The van der Waals surface area contributed by atoms with Gasteiger partial charge >= 0.3 is 5.97 Å². The second kappa shape index (κ2) is 7.61. The van der Waals surface area contributed by atoms with Gasteiger partial charge in [-0.15, -0.1) is 0 Å². The lowest BCUT2D eigenvalue weighted by Crippen LogP contribution is -2.18. The standard InChI is InChI=1S/C22H16ClNO7S/c23-14-1-4-18-13(9-14)10-15(11-16-2-5-20(31-16)22(25)26)24(18)32(27,28)17-3-6-19-21(12-17)30-8-7-29-19/h1-6,9-10,12H,7-8,11H2,(H,25,26). The number of hydrogen-bond acceptors (Lipinski definition) is 6. The molecule has 0 aliphatic carbocycles. The van der Waals surface area contributed by atoms with Gasteiger partial charge in [-0.1, -0.05) is 11.6 Å². The first-order valence-corrected chi connectivity index (χ1v) is 11.4. The van der Waals surface area contributed by atoms with Gasteiger partial charge in [0.05, 0.1) is 10.4 Å². The fraction of sp³-hybridized carbons (Fsp3) is 0.136. The SMILES string of the molecule is O=C(O)c1ccc(Cc2cc3cc(Cl)ccc3n2S(=O)(=O)c2ccc3c(c2)OCCO3)o1. The summed E-state index contributed by atoms with van der Waals surface area (Å²) >= 11 is 6.12. The fourth-order valence-corrected chi connectivity index (χ4v) is 5.42. The van der Waals surface area contributed by atoms with Crippen molar-refractivity contribution in [1.82, 2.24) is 3.97 Å². The maximum absolute atomic E-state index is 13.7. The number of fused-ring (bicyclic) bond motifs is 2. The van der Waals surface area contributed by atoms with Crippen LogP contribution in [0.5, 0.6) is 11.5 Å². The molecule has 8 nitrogen and oxygen atoms in total. The third-order valence-electron chi connectivity index (χ3n) is 5.07. The lowest BCUT2D eigenvalue weighted by molar-refractivity contribution is 0.0660. The zero-order valence-electron chi connectivity index (χ0n) is 16.4. The van der Waals surface area contributed by atoms with Gasteiger partial charge in [0, 0.05) is 28.6 Å². The summed E-state index contributed by atoms with van der Waals surface area (Å²) in [6.45, 7) is 0.727. The first kappa shape index (κ1) is 20.5. The van der Waals surface area contributed by atoms with Crippen LogP contribution in [0.25, 0.3) is 10.9 Å². The third kappa shape index (κ3) is 3.49. The van der Waals surface area contributed by atoms with Crippen molar-refractivity contribution < 1.29 is 32.2 Å². The van der Waals surface area contributed by atoms with E-state index < -0.39 is 16.0 Å². The van der Waals surface area contributed by atoms with Crippen LogP contribution >= 0.6 is 11.6 Å². The first-order valence-electron chi connectivity index (χ1n) is 9.60. The average molecular weight is 474 g/mol. The molecule has 0 saturated carbocycles. The second-order valence-corrected chi connectivity index (χ2v) is 9.38. The third-order valence-corrected chi connectivity index (χ3v) is 7.07. The zero-order valence-corrected chi connectivity index (χ0v) is 18.0. The molecule has 10 heteroatoms. The lowest BCUT2D eigenvalue weighted by atomic mass is 10.2. The Morgan fingerprint density at radius 2 is 1.78 bits per heavy atom. The Labute approximate surface area is 187 Å². The summed E-state index contributed by atoms with van der Waals surface area (Å²) in [7, 11) is -4.05. The molecule has 0 spiro atoms. The molecule has 4 aromatic rings. The van der Waals surface area contributed by atoms with Gasteiger partial charge in [-0.25, -0.2) is 17.2 Å². The number of carboxylic acid groups (broad SMARTS) is 1. The number of rotatable bonds is 5. The van der Waals surface area contributed by atoms with Crippen LogP contribution in [0, 0.1) is 0 Å². The second-order valence-electron chi connectivity index (χ2n) is 7.16. The highest BCUT2D eigenvalue weighted by Gasteiger charge is 2.26. The molecule has 1 N–H and O–H groups in total. The molecular weight excluding hydrogens is 458 g/mol. The Morgan fingerprint density at radius 3 is 2.53 bits per heavy atom. The van der Waals surface area contributed by atoms with Crippen LogP contribution in [0.1, 0.15) is 22.0 Å². The summed E-state index contributed by atoms with van der Waals surface area (Å²) in [6.07, 6.45) is 0.0589. The van der Waals surface area contributed by atoms with E-state index in [1.165, 1.54) is 28.2 Å². The van der Waals surface area contributed by atoms with Crippen LogP contribution in [0.2, 0.25) is 5.02 Å². The fourth-order valence-electron chi connectivity index (χ4n) is 3.68. The highest BCUT2D eigenvalue weighted by atomic mass is 35.5. The van der Waals surface area contributed by atoms with Gasteiger partial charge in [-0.2, -0.15) is 0 Å². The van der Waals surface area contributed by atoms with Crippen molar-refractivity contribution in [2.75, 3.05) is 13.2 Å². The van der Waals surface area contributed by atoms with Gasteiger partial charge in [-0.05, 0) is 48.5 Å². The van der Waals surface area contributed by atoms with Gasteiger partial charge in [0.15, 0.2) is 11.5 Å². The molecule has 164 valence electrons. The van der Waals surface area contributed by atoms with Crippen molar-refractivity contribution in [2.45, 2.75) is 11.3 Å². The topological polar surface area (TPSA) is 108 Å². The maximum atomic E-state index is 13.7. The molecule has 0 radical (unpaired) electrons. The van der Waals surface area contributed by atoms with Gasteiger partial charge < -0.3 is 19.0 Å². The minimum absolute atomic E-state index is 0.0288. The molecule has 0 saturated heterocycles. The average Bonchev–Trinajstić information content (AvgIpc) is 3.38. The molecule has 1 aliphatic heterocycles. The number of hydrogen-bond donors (Lipinski definition) is 1. The molecule has 2 aromatic carbocycles. The van der Waals surface area contributed by atoms with Crippen molar-refractivity contribution in [2.24, 2.45) is 0 Å². The van der Waals surface area contributed by atoms with Gasteiger partial charge in [0.2, 0.25) is 5.76 Å². The highest BCUT2D eigenvalue weighted by molar-refractivity contribution is 7.90. The van der Waals surface area contributed by atoms with Crippen molar-refractivity contribution in [3.05, 3.63) is 76.8 Å². The number of aromatic carboxylic acids is 1. The zero-order chi connectivity index (χ0) is 22.5. The summed E-state index contributed by atoms with van der Waals surface area (Å²) in [5.74, 6) is -0.269. The Bertz CT molecular complexity index is 1470. The molecule has 0 fully saturated rings. The van der Waals surface area contributed by atoms with Crippen LogP contribution in [0.4, 0.5) is 0 Å². The Balaban J connectivity index is 1.66. The molecule has 0 amide bonds. The summed E-state index contributed by atoms with van der Waals surface area (Å²) in [5, 5.41) is 10.2. The molecule has 2 aromatic heterocycles. The molecule has 1 aliphatic rings. The van der Waals surface area contributed by atoms with E-state index in [0.29, 0.717) is 52.1 Å². The monoisotopic (exact) mass is 473 g/mol. The minimum atomic E-state index is -4.05. The lowest BCUT2D eigenvalue weighted by Gasteiger charge is -2.19. The van der Waals surface area contributed by atoms with E-state index in [2.05, 4.69) is 0 Å². The van der Waals surface area contributed by atoms with Gasteiger partial charge in [0.1, 0.15) is 19.0 Å². The smallest absolute Gasteiger partial charge is 0.371 e. The van der Waals surface area contributed by atoms with E-state index >= 15 is 0 Å². The van der Waals surface area contributed by atoms with E-state index in [-0.39, 0.29) is 17.1 Å². The van der Waals surface area contributed by atoms with E-state index in [4.69, 9.17) is 30.6 Å². The number of nitrogens with zero attached hydrogens (tertiary/aromatic N) is 1. The van der Waals surface area contributed by atoms with Crippen LogP contribution < -0.4 is 9.47 Å². The number of halogens is 1. The van der Waals surface area contributed by atoms with E-state index in [1.54, 1.807) is 30.3 Å². The minimum Gasteiger partial charge on any atom is -0.486 e. The maximum Gasteiger partial charge on any atom is 0.371 e. The predicted octanol–water partition coefficient (Wildman–Crippen LogP) is 4.18. The van der Waals surface area contributed by atoms with Crippen LogP contribution in [0.3, 0.4) is 0 Å². The predicted molar refractivity (Wildman–Crippen MR) is 115 cm³/mol. The molecule has 5 rings (SSSR count). The number of carbonyl (C=O) groups is 1. The quantitative estimate of drug-likeness (QED) is 0.463. The van der Waals surface area contributed by atoms with Crippen molar-refractivity contribution in [3.8, 4) is 11.5 Å². The molecule has 3 heterocycles. The van der Waals surface area contributed by atoms with Gasteiger partial charge in [0.25, 0.3) is 10.0 Å². The van der Waals surface area contributed by atoms with Crippen LogP contribution in [0.15, 0.2) is 63.9 Å². The summed E-state index contributed by atoms with van der Waals surface area (Å²) in [6, 6.07) is 13.9. The number of furan rings is 1. The van der Waals surface area contributed by atoms with Crippen LogP contribution in [-0.4, -0.2) is 36.7 Å². The Kier molecular flexibility index (Phi) is 4.87. The van der Waals surface area contributed by atoms with Gasteiger partial charge in [-0.3, -0.25) is 0 Å². The molecule has 0 unspecified atom stereocenters. The summed E-state index contributed by atoms with van der Waals surface area (Å²) in [4.78, 5) is 11.2. The molecular formula is C22H16ClNO7S. The largest absolute Gasteiger partial charge is 0.486 e. The van der Waals surface area contributed by atoms with Crippen molar-refractivity contribution in [1.29, 1.82) is 0 Å². The van der Waals surface area contributed by atoms with E-state index in [1.807, 2.05) is 0 Å². The Morgan fingerprint density at radius 1 is 1.00 bits per heavy atom. The first-order chi connectivity index (χ1) is 15.3. The number of benzene rings is 2. The van der Waals surface area contributed by atoms with E-state index in [9.17, 15) is 13.2 Å². The number of carboxylic acids is 1. The molecule has 32 heavy (non-hydrogen) atoms. The van der Waals surface area contributed by atoms with Crippen molar-refractivity contribution >= 4 is 38.5 Å². The molecule has 0 bridgehead atoms. The normalized spacial score (nSPS) is 13.4. The van der Waals surface area contributed by atoms with Crippen LogP contribution in [-0.2, 0) is 16.4 Å². The number of ether oxygens (including phenoxy) is 2. The highest BCUT2D eigenvalue weighted by Crippen LogP contribution is 2.35. The van der Waals surface area contributed by atoms with E-state index in [0.717, 1.165) is 0 Å². The Hall–Kier alpha value is -3.43. The summed E-state index contributed by atoms with van der Waals surface area (Å²) in [5.41, 5.74) is 0.827.